The van der Waals surface area contributed by atoms with Crippen molar-refractivity contribution in [2.45, 2.75) is 32.5 Å². The lowest BCUT2D eigenvalue weighted by atomic mass is 10.2. The lowest BCUT2D eigenvalue weighted by Gasteiger charge is -2.08. The van der Waals surface area contributed by atoms with E-state index in [9.17, 15) is 9.59 Å². The molecule has 0 aromatic heterocycles. The fourth-order valence-electron chi connectivity index (χ4n) is 2.07. The Labute approximate surface area is 174 Å². The maximum Gasteiger partial charge on any atom is 0.306 e. The van der Waals surface area contributed by atoms with E-state index in [1.807, 2.05) is 48.5 Å². The minimum absolute atomic E-state index is 0.210. The third-order valence-electron chi connectivity index (χ3n) is 3.45. The Morgan fingerprint density at radius 2 is 1.12 bits per heavy atom. The number of ether oxygens (including phenoxy) is 2. The Hall–Kier alpha value is -1.16. The molecule has 0 amide bonds. The molecule has 2 rings (SSSR count). The molecular weight excluding hydrogens is 546 g/mol. The third-order valence-corrected chi connectivity index (χ3v) is 5.56. The van der Waals surface area contributed by atoms with Gasteiger partial charge in [-0.05, 0) is 63.7 Å². The van der Waals surface area contributed by atoms with Gasteiger partial charge >= 0.3 is 11.9 Å². The first kappa shape index (κ1) is 20.2. The normalized spacial score (nSPS) is 10.3. The van der Waals surface area contributed by atoms with E-state index < -0.39 is 0 Å². The van der Waals surface area contributed by atoms with Crippen LogP contribution in [0.1, 0.15) is 30.4 Å². The van der Waals surface area contributed by atoms with Gasteiger partial charge in [0.1, 0.15) is 13.2 Å². The first-order valence-corrected chi connectivity index (χ1v) is 10.00. The number of esters is 2. The van der Waals surface area contributed by atoms with E-state index in [4.69, 9.17) is 9.47 Å². The molecule has 2 aromatic rings. The molecule has 0 unspecified atom stereocenters. The van der Waals surface area contributed by atoms with Gasteiger partial charge in [0.25, 0.3) is 0 Å². The van der Waals surface area contributed by atoms with Crippen LogP contribution in [0, 0.1) is 7.14 Å². The third kappa shape index (κ3) is 7.31. The van der Waals surface area contributed by atoms with E-state index in [-0.39, 0.29) is 38.0 Å². The number of carbonyl (C=O) groups is 2. The van der Waals surface area contributed by atoms with E-state index in [1.54, 1.807) is 0 Å². The number of halogens is 2. The van der Waals surface area contributed by atoms with Gasteiger partial charge in [-0.2, -0.15) is 0 Å². The fraction of sp³-hybridized carbons (Fsp3) is 0.263. The number of hydrogen-bond acceptors (Lipinski definition) is 4. The summed E-state index contributed by atoms with van der Waals surface area (Å²) in [4.78, 5) is 23.5. The zero-order chi connectivity index (χ0) is 18.1. The van der Waals surface area contributed by atoms with Gasteiger partial charge in [-0.25, -0.2) is 0 Å². The van der Waals surface area contributed by atoms with Crippen LogP contribution in [0.3, 0.4) is 0 Å². The van der Waals surface area contributed by atoms with Crippen LogP contribution in [0.4, 0.5) is 0 Å². The molecule has 0 N–H and O–H groups in total. The summed E-state index contributed by atoms with van der Waals surface area (Å²) in [6.07, 6.45) is 0.845. The second-order valence-electron chi connectivity index (χ2n) is 5.36. The Bertz CT molecular complexity index is 669. The molecule has 0 bridgehead atoms. The molecule has 0 atom stereocenters. The van der Waals surface area contributed by atoms with Crippen molar-refractivity contribution in [3.05, 3.63) is 66.8 Å². The van der Waals surface area contributed by atoms with Gasteiger partial charge in [0.15, 0.2) is 0 Å². The molecule has 2 aromatic carbocycles. The largest absolute Gasteiger partial charge is 0.461 e. The molecule has 6 heteroatoms. The van der Waals surface area contributed by atoms with Crippen LogP contribution < -0.4 is 0 Å². The zero-order valence-corrected chi connectivity index (χ0v) is 17.9. The summed E-state index contributed by atoms with van der Waals surface area (Å²) in [5.41, 5.74) is 1.96. The Kier molecular flexibility index (Phi) is 8.66. The number of carbonyl (C=O) groups excluding carboxylic acids is 2. The van der Waals surface area contributed by atoms with E-state index >= 15 is 0 Å². The fourth-order valence-corrected chi connectivity index (χ4v) is 3.15. The Morgan fingerprint density at radius 1 is 0.720 bits per heavy atom. The van der Waals surface area contributed by atoms with Crippen molar-refractivity contribution in [1.82, 2.24) is 0 Å². The van der Waals surface area contributed by atoms with Gasteiger partial charge in [0, 0.05) is 31.1 Å². The smallest absolute Gasteiger partial charge is 0.306 e. The van der Waals surface area contributed by atoms with Crippen LogP contribution in [-0.4, -0.2) is 11.9 Å². The van der Waals surface area contributed by atoms with Gasteiger partial charge in [-0.15, -0.1) is 0 Å². The minimum atomic E-state index is -0.301. The lowest BCUT2D eigenvalue weighted by molar-refractivity contribution is -0.146. The van der Waals surface area contributed by atoms with Crippen LogP contribution in [0.5, 0.6) is 0 Å². The topological polar surface area (TPSA) is 52.6 Å². The SMILES string of the molecule is O=C(CCCC(=O)OCc1ccccc1I)OCc1ccccc1I. The maximum atomic E-state index is 11.8. The zero-order valence-electron chi connectivity index (χ0n) is 13.5. The standard InChI is InChI=1S/C19H18I2O4/c20-16-8-3-1-6-14(16)12-24-18(22)10-5-11-19(23)25-13-15-7-2-4-9-17(15)21/h1-4,6-9H,5,10-13H2. The molecule has 0 spiro atoms. The first-order chi connectivity index (χ1) is 12.1. The van der Waals surface area contributed by atoms with Crippen LogP contribution >= 0.6 is 45.2 Å². The highest BCUT2D eigenvalue weighted by Crippen LogP contribution is 2.14. The van der Waals surface area contributed by atoms with Crippen molar-refractivity contribution in [2.75, 3.05) is 0 Å². The number of rotatable bonds is 8. The second kappa shape index (κ2) is 10.7. The van der Waals surface area contributed by atoms with Crippen molar-refractivity contribution in [3.8, 4) is 0 Å². The minimum Gasteiger partial charge on any atom is -0.461 e. The highest BCUT2D eigenvalue weighted by Gasteiger charge is 2.09. The molecule has 0 saturated heterocycles. The van der Waals surface area contributed by atoms with Crippen molar-refractivity contribution >= 4 is 57.1 Å². The maximum absolute atomic E-state index is 11.8. The van der Waals surface area contributed by atoms with Crippen molar-refractivity contribution in [2.24, 2.45) is 0 Å². The van der Waals surface area contributed by atoms with E-state index in [1.165, 1.54) is 0 Å². The van der Waals surface area contributed by atoms with Gasteiger partial charge in [-0.3, -0.25) is 9.59 Å². The summed E-state index contributed by atoms with van der Waals surface area (Å²) in [5, 5.41) is 0. The molecule has 132 valence electrons. The van der Waals surface area contributed by atoms with Crippen molar-refractivity contribution in [1.29, 1.82) is 0 Å². The highest BCUT2D eigenvalue weighted by atomic mass is 127. The summed E-state index contributed by atoms with van der Waals surface area (Å²) in [7, 11) is 0. The number of hydrogen-bond donors (Lipinski definition) is 0. The molecule has 0 aliphatic carbocycles. The predicted octanol–water partition coefficient (Wildman–Crippen LogP) is 4.85. The quantitative estimate of drug-likeness (QED) is 0.340. The molecule has 0 aliphatic rings. The van der Waals surface area contributed by atoms with Crippen molar-refractivity contribution in [3.63, 3.8) is 0 Å². The Balaban J connectivity index is 1.63. The molecule has 0 fully saturated rings. The summed E-state index contributed by atoms with van der Waals surface area (Å²) in [6, 6.07) is 15.5. The van der Waals surface area contributed by atoms with E-state index in [0.717, 1.165) is 18.3 Å². The summed E-state index contributed by atoms with van der Waals surface area (Å²) < 4.78 is 12.6. The van der Waals surface area contributed by atoms with Gasteiger partial charge < -0.3 is 9.47 Å². The average molecular weight is 564 g/mol. The second-order valence-corrected chi connectivity index (χ2v) is 7.68. The molecule has 4 nitrogen and oxygen atoms in total. The summed E-state index contributed by atoms with van der Waals surface area (Å²) >= 11 is 4.42. The summed E-state index contributed by atoms with van der Waals surface area (Å²) in [6.45, 7) is 0.518. The molecule has 25 heavy (non-hydrogen) atoms. The highest BCUT2D eigenvalue weighted by molar-refractivity contribution is 14.1. The molecule has 0 heterocycles. The molecule has 0 aliphatic heterocycles. The average Bonchev–Trinajstić information content (AvgIpc) is 2.60. The van der Waals surface area contributed by atoms with Crippen LogP contribution in [0.2, 0.25) is 0 Å². The van der Waals surface area contributed by atoms with Crippen LogP contribution in [-0.2, 0) is 32.3 Å². The molecule has 0 radical (unpaired) electrons. The monoisotopic (exact) mass is 564 g/mol. The molecule has 0 saturated carbocycles. The molecular formula is C19H18I2O4. The lowest BCUT2D eigenvalue weighted by Crippen LogP contribution is -2.09. The van der Waals surface area contributed by atoms with E-state index in [0.29, 0.717) is 6.42 Å². The van der Waals surface area contributed by atoms with Crippen LogP contribution in [0.25, 0.3) is 0 Å². The van der Waals surface area contributed by atoms with Gasteiger partial charge in [0.05, 0.1) is 0 Å². The first-order valence-electron chi connectivity index (χ1n) is 7.84. The predicted molar refractivity (Wildman–Crippen MR) is 112 cm³/mol. The number of benzene rings is 2. The van der Waals surface area contributed by atoms with E-state index in [2.05, 4.69) is 45.2 Å². The van der Waals surface area contributed by atoms with Gasteiger partial charge in [-0.1, -0.05) is 36.4 Å². The summed E-state index contributed by atoms with van der Waals surface area (Å²) in [5.74, 6) is -0.602. The van der Waals surface area contributed by atoms with Crippen LogP contribution in [0.15, 0.2) is 48.5 Å². The van der Waals surface area contributed by atoms with Crippen molar-refractivity contribution < 1.29 is 19.1 Å². The Morgan fingerprint density at radius 3 is 1.52 bits per heavy atom. The van der Waals surface area contributed by atoms with Gasteiger partial charge in [0.2, 0.25) is 0 Å².